The molecule has 1 aromatic heterocycles. The van der Waals surface area contributed by atoms with E-state index in [0.717, 1.165) is 42.3 Å². The summed E-state index contributed by atoms with van der Waals surface area (Å²) in [5, 5.41) is 4.20. The van der Waals surface area contributed by atoms with Crippen molar-refractivity contribution < 1.29 is 9.47 Å². The van der Waals surface area contributed by atoms with Crippen LogP contribution >= 0.6 is 0 Å². The van der Waals surface area contributed by atoms with Crippen molar-refractivity contribution in [3.05, 3.63) is 64.5 Å². The molecule has 0 atom stereocenters. The standard InChI is InChI=1S/C29H42N2O3/c1-8-10-18-31-26-20-24(30-17-9-2)14-15-25(26)27(28(29(31)32)34-22(5)6)33-19-16-23(7)13-11-12-21(3)4/h9,12,14-16,20,22,30H,2,8,10-11,13,17-19H2,1,3-7H3/b23-16+. The fourth-order valence-corrected chi connectivity index (χ4v) is 3.68. The number of rotatable bonds is 14. The molecule has 5 nitrogen and oxygen atoms in total. The number of unbranched alkanes of at least 4 members (excludes halogenated alkanes) is 1. The van der Waals surface area contributed by atoms with E-state index in [9.17, 15) is 4.79 Å². The van der Waals surface area contributed by atoms with Crippen LogP contribution in [0.1, 0.15) is 67.2 Å². The summed E-state index contributed by atoms with van der Waals surface area (Å²) in [5.74, 6) is 0.811. The minimum Gasteiger partial charge on any atom is -0.485 e. The lowest BCUT2D eigenvalue weighted by Gasteiger charge is -2.20. The van der Waals surface area contributed by atoms with Crippen LogP contribution in [-0.4, -0.2) is 23.8 Å². The summed E-state index contributed by atoms with van der Waals surface area (Å²) in [6.07, 6.45) is 9.92. The van der Waals surface area contributed by atoms with Crippen LogP contribution in [0.25, 0.3) is 10.9 Å². The first kappa shape index (κ1) is 27.3. The Hall–Kier alpha value is -2.95. The first-order chi connectivity index (χ1) is 16.3. The largest absolute Gasteiger partial charge is 0.485 e. The van der Waals surface area contributed by atoms with E-state index in [-0.39, 0.29) is 11.7 Å². The van der Waals surface area contributed by atoms with Gasteiger partial charge in [0.25, 0.3) is 5.56 Å². The van der Waals surface area contributed by atoms with Crippen molar-refractivity contribution in [2.45, 2.75) is 79.9 Å². The lowest BCUT2D eigenvalue weighted by Crippen LogP contribution is -2.25. The number of aryl methyl sites for hydroxylation is 1. The molecule has 186 valence electrons. The Kier molecular flexibility index (Phi) is 11.0. The van der Waals surface area contributed by atoms with Crippen molar-refractivity contribution in [3.8, 4) is 11.5 Å². The van der Waals surface area contributed by atoms with Crippen molar-refractivity contribution in [1.82, 2.24) is 4.57 Å². The molecule has 0 spiro atoms. The minimum atomic E-state index is -0.144. The van der Waals surface area contributed by atoms with Gasteiger partial charge in [-0.1, -0.05) is 36.6 Å². The topological polar surface area (TPSA) is 52.5 Å². The predicted octanol–water partition coefficient (Wildman–Crippen LogP) is 7.26. The molecule has 1 heterocycles. The first-order valence-corrected chi connectivity index (χ1v) is 12.4. The number of pyridine rings is 1. The van der Waals surface area contributed by atoms with Gasteiger partial charge in [0, 0.05) is 24.2 Å². The van der Waals surface area contributed by atoms with E-state index in [1.54, 1.807) is 0 Å². The number of hydrogen-bond donors (Lipinski definition) is 1. The van der Waals surface area contributed by atoms with Crippen molar-refractivity contribution in [2.75, 3.05) is 18.5 Å². The van der Waals surface area contributed by atoms with Gasteiger partial charge in [-0.15, -0.1) is 6.58 Å². The highest BCUT2D eigenvalue weighted by Gasteiger charge is 2.21. The highest BCUT2D eigenvalue weighted by Crippen LogP contribution is 2.35. The molecule has 5 heteroatoms. The second kappa shape index (κ2) is 13.7. The number of benzene rings is 1. The molecule has 0 bridgehead atoms. The maximum Gasteiger partial charge on any atom is 0.297 e. The zero-order chi connectivity index (χ0) is 25.1. The highest BCUT2D eigenvalue weighted by molar-refractivity contribution is 5.90. The van der Waals surface area contributed by atoms with Gasteiger partial charge in [0.2, 0.25) is 5.75 Å². The van der Waals surface area contributed by atoms with Crippen LogP contribution < -0.4 is 20.3 Å². The summed E-state index contributed by atoms with van der Waals surface area (Å²) in [7, 11) is 0. The Morgan fingerprint density at radius 3 is 2.59 bits per heavy atom. The molecule has 0 unspecified atom stereocenters. The number of anilines is 1. The molecule has 2 rings (SSSR count). The zero-order valence-corrected chi connectivity index (χ0v) is 21.9. The molecule has 1 aromatic carbocycles. The van der Waals surface area contributed by atoms with Gasteiger partial charge in [0.1, 0.15) is 6.61 Å². The SMILES string of the molecule is C=CCNc1ccc2c(OC/C=C(\C)CCC=C(C)C)c(OC(C)C)c(=O)n(CCCC)c2c1. The predicted molar refractivity (Wildman–Crippen MR) is 145 cm³/mol. The molecule has 0 aliphatic heterocycles. The van der Waals surface area contributed by atoms with Crippen LogP contribution in [-0.2, 0) is 6.54 Å². The summed E-state index contributed by atoms with van der Waals surface area (Å²) in [6.45, 7) is 17.8. The zero-order valence-electron chi connectivity index (χ0n) is 21.9. The maximum atomic E-state index is 13.6. The lowest BCUT2D eigenvalue weighted by atomic mass is 10.1. The molecule has 2 aromatic rings. The Labute approximate surface area is 205 Å². The van der Waals surface area contributed by atoms with Crippen molar-refractivity contribution >= 4 is 16.6 Å². The number of ether oxygens (including phenoxy) is 2. The highest BCUT2D eigenvalue weighted by atomic mass is 16.5. The average Bonchev–Trinajstić information content (AvgIpc) is 2.78. The van der Waals surface area contributed by atoms with Crippen molar-refractivity contribution in [1.29, 1.82) is 0 Å². The summed E-state index contributed by atoms with van der Waals surface area (Å²) >= 11 is 0. The second-order valence-corrected chi connectivity index (χ2v) is 9.22. The fourth-order valence-electron chi connectivity index (χ4n) is 3.68. The number of aromatic nitrogens is 1. The molecule has 0 saturated heterocycles. The monoisotopic (exact) mass is 466 g/mol. The van der Waals surface area contributed by atoms with Gasteiger partial charge in [0.05, 0.1) is 11.6 Å². The van der Waals surface area contributed by atoms with E-state index in [1.807, 2.05) is 42.7 Å². The number of allylic oxidation sites excluding steroid dienone is 3. The van der Waals surface area contributed by atoms with Crippen LogP contribution in [0.4, 0.5) is 5.69 Å². The van der Waals surface area contributed by atoms with Crippen molar-refractivity contribution in [2.24, 2.45) is 0 Å². The summed E-state index contributed by atoms with van der Waals surface area (Å²) < 4.78 is 14.1. The quantitative estimate of drug-likeness (QED) is 0.298. The summed E-state index contributed by atoms with van der Waals surface area (Å²) in [6, 6.07) is 6.03. The van der Waals surface area contributed by atoms with E-state index in [4.69, 9.17) is 9.47 Å². The van der Waals surface area contributed by atoms with E-state index in [1.165, 1.54) is 11.1 Å². The van der Waals surface area contributed by atoms with Gasteiger partial charge < -0.3 is 19.4 Å². The van der Waals surface area contributed by atoms with E-state index < -0.39 is 0 Å². The molecule has 0 amide bonds. The molecule has 1 N–H and O–H groups in total. The van der Waals surface area contributed by atoms with Gasteiger partial charge in [0.15, 0.2) is 5.75 Å². The number of nitrogens with one attached hydrogen (secondary N) is 1. The minimum absolute atomic E-state index is 0.137. The first-order valence-electron chi connectivity index (χ1n) is 12.4. The Balaban J connectivity index is 2.52. The Bertz CT molecular complexity index is 1070. The number of hydrogen-bond acceptors (Lipinski definition) is 4. The number of fused-ring (bicyclic) bond motifs is 1. The number of nitrogens with zero attached hydrogens (tertiary/aromatic N) is 1. The van der Waals surface area contributed by atoms with Gasteiger partial charge >= 0.3 is 0 Å². The van der Waals surface area contributed by atoms with E-state index >= 15 is 0 Å². The molecular weight excluding hydrogens is 424 g/mol. The van der Waals surface area contributed by atoms with Gasteiger partial charge in [-0.3, -0.25) is 4.79 Å². The molecular formula is C29H42N2O3. The molecule has 0 saturated carbocycles. The summed E-state index contributed by atoms with van der Waals surface area (Å²) in [4.78, 5) is 13.6. The van der Waals surface area contributed by atoms with Crippen LogP contribution in [0.5, 0.6) is 11.5 Å². The third kappa shape index (κ3) is 7.82. The Morgan fingerprint density at radius 2 is 1.94 bits per heavy atom. The lowest BCUT2D eigenvalue weighted by molar-refractivity contribution is 0.222. The second-order valence-electron chi connectivity index (χ2n) is 9.22. The summed E-state index contributed by atoms with van der Waals surface area (Å²) in [5.41, 5.74) is 4.24. The molecule has 0 radical (unpaired) electrons. The molecule has 0 aliphatic carbocycles. The molecule has 0 aliphatic rings. The van der Waals surface area contributed by atoms with Crippen LogP contribution in [0.15, 0.2) is 58.9 Å². The Morgan fingerprint density at radius 1 is 1.18 bits per heavy atom. The average molecular weight is 467 g/mol. The van der Waals surface area contributed by atoms with E-state index in [0.29, 0.717) is 31.2 Å². The third-order valence-corrected chi connectivity index (χ3v) is 5.47. The van der Waals surface area contributed by atoms with Gasteiger partial charge in [-0.2, -0.15) is 0 Å². The smallest absolute Gasteiger partial charge is 0.297 e. The van der Waals surface area contributed by atoms with Crippen molar-refractivity contribution in [3.63, 3.8) is 0 Å². The van der Waals surface area contributed by atoms with Crippen LogP contribution in [0, 0.1) is 0 Å². The van der Waals surface area contributed by atoms with Gasteiger partial charge in [-0.25, -0.2) is 0 Å². The van der Waals surface area contributed by atoms with Crippen LogP contribution in [0.2, 0.25) is 0 Å². The third-order valence-electron chi connectivity index (χ3n) is 5.47. The van der Waals surface area contributed by atoms with Crippen LogP contribution in [0.3, 0.4) is 0 Å². The fraction of sp³-hybridized carbons (Fsp3) is 0.483. The molecule has 34 heavy (non-hydrogen) atoms. The molecule has 0 fully saturated rings. The van der Waals surface area contributed by atoms with Gasteiger partial charge in [-0.05, 0) is 78.2 Å². The van der Waals surface area contributed by atoms with E-state index in [2.05, 4.69) is 51.7 Å². The normalized spacial score (nSPS) is 11.6. The maximum absolute atomic E-state index is 13.6.